The first-order chi connectivity index (χ1) is 10.2. The van der Waals surface area contributed by atoms with Crippen molar-refractivity contribution >= 4 is 5.78 Å². The third-order valence-electron chi connectivity index (χ3n) is 3.70. The van der Waals surface area contributed by atoms with E-state index in [0.717, 1.165) is 5.57 Å². The molecule has 0 atom stereocenters. The number of rotatable bonds is 6. The number of carbonyl (C=O) groups excluding carboxylic acids is 1. The van der Waals surface area contributed by atoms with Gasteiger partial charge in [-0.3, -0.25) is 4.79 Å². The van der Waals surface area contributed by atoms with Crippen molar-refractivity contribution in [1.82, 2.24) is 0 Å². The number of methoxy groups -OCH3 is 2. The molecule has 0 amide bonds. The average Bonchev–Trinajstić information content (AvgIpc) is 2.56. The molecule has 4 heteroatoms. The van der Waals surface area contributed by atoms with Crippen LogP contribution in [0.2, 0.25) is 0 Å². The molecular formula is C17H20O4. The summed E-state index contributed by atoms with van der Waals surface area (Å²) in [5.41, 5.74) is 1.97. The van der Waals surface area contributed by atoms with Gasteiger partial charge in [-0.25, -0.2) is 0 Å². The maximum Gasteiger partial charge on any atom is 0.193 e. The van der Waals surface area contributed by atoms with Crippen molar-refractivity contribution in [2.45, 2.75) is 18.6 Å². The van der Waals surface area contributed by atoms with Crippen LogP contribution in [0.4, 0.5) is 0 Å². The van der Waals surface area contributed by atoms with E-state index in [9.17, 15) is 9.90 Å². The molecule has 21 heavy (non-hydrogen) atoms. The van der Waals surface area contributed by atoms with Crippen LogP contribution in [0.1, 0.15) is 23.2 Å². The number of allylic oxidation sites excluding steroid dienone is 1. The van der Waals surface area contributed by atoms with E-state index in [4.69, 9.17) is 9.47 Å². The fourth-order valence-electron chi connectivity index (χ4n) is 2.43. The van der Waals surface area contributed by atoms with Crippen molar-refractivity contribution < 1.29 is 19.4 Å². The maximum atomic E-state index is 12.7. The molecule has 0 radical (unpaired) electrons. The molecule has 1 aliphatic carbocycles. The molecule has 0 saturated heterocycles. The van der Waals surface area contributed by atoms with Gasteiger partial charge < -0.3 is 14.6 Å². The molecule has 0 aliphatic heterocycles. The molecule has 0 aromatic heterocycles. The lowest BCUT2D eigenvalue weighted by Gasteiger charge is -2.31. The number of ketones is 1. The van der Waals surface area contributed by atoms with Gasteiger partial charge in [-0.2, -0.15) is 0 Å². The van der Waals surface area contributed by atoms with Crippen molar-refractivity contribution in [3.8, 4) is 0 Å². The standard InChI is InChI=1S/C17H20O4/c1-20-17(21-2)10-8-13(9-11-18)15(12-17)16(19)14-6-4-3-5-7-14/h3-8,12,18H,9-11H2,1-2H3. The fraction of sp³-hybridized carbons (Fsp3) is 0.353. The first-order valence-electron chi connectivity index (χ1n) is 6.89. The smallest absolute Gasteiger partial charge is 0.193 e. The molecule has 112 valence electrons. The molecular weight excluding hydrogens is 268 g/mol. The molecule has 2 rings (SSSR count). The second-order valence-electron chi connectivity index (χ2n) is 4.88. The Hall–Kier alpha value is -1.75. The second-order valence-corrected chi connectivity index (χ2v) is 4.88. The van der Waals surface area contributed by atoms with Crippen LogP contribution >= 0.6 is 0 Å². The van der Waals surface area contributed by atoms with E-state index in [1.165, 1.54) is 0 Å². The monoisotopic (exact) mass is 288 g/mol. The van der Waals surface area contributed by atoms with Crippen LogP contribution in [0.5, 0.6) is 0 Å². The van der Waals surface area contributed by atoms with Crippen molar-refractivity contribution in [2.24, 2.45) is 0 Å². The highest BCUT2D eigenvalue weighted by molar-refractivity contribution is 6.11. The zero-order chi connectivity index (χ0) is 15.3. The number of hydrogen-bond donors (Lipinski definition) is 1. The van der Waals surface area contributed by atoms with Gasteiger partial charge in [0.25, 0.3) is 0 Å². The summed E-state index contributed by atoms with van der Waals surface area (Å²) in [6.07, 6.45) is 4.57. The molecule has 0 saturated carbocycles. The van der Waals surface area contributed by atoms with Crippen molar-refractivity contribution in [3.63, 3.8) is 0 Å². The Kier molecular flexibility index (Phi) is 5.07. The van der Waals surface area contributed by atoms with E-state index in [1.54, 1.807) is 32.4 Å². The number of ether oxygens (including phenoxy) is 2. The summed E-state index contributed by atoms with van der Waals surface area (Å²) in [5.74, 6) is -1.01. The highest BCUT2D eigenvalue weighted by Gasteiger charge is 2.33. The van der Waals surface area contributed by atoms with Crippen LogP contribution in [0.3, 0.4) is 0 Å². The lowest BCUT2D eigenvalue weighted by molar-refractivity contribution is -0.168. The van der Waals surface area contributed by atoms with Crippen molar-refractivity contribution in [2.75, 3.05) is 20.8 Å². The molecule has 4 nitrogen and oxygen atoms in total. The summed E-state index contributed by atoms with van der Waals surface area (Å²) in [7, 11) is 3.10. The largest absolute Gasteiger partial charge is 0.396 e. The topological polar surface area (TPSA) is 55.8 Å². The molecule has 0 heterocycles. The summed E-state index contributed by atoms with van der Waals surface area (Å²) < 4.78 is 10.8. The number of aliphatic hydroxyl groups is 1. The van der Waals surface area contributed by atoms with Gasteiger partial charge in [0, 0.05) is 38.4 Å². The van der Waals surface area contributed by atoms with Gasteiger partial charge in [0.2, 0.25) is 0 Å². The Bertz CT molecular complexity index is 553. The van der Waals surface area contributed by atoms with Crippen molar-refractivity contribution in [1.29, 1.82) is 0 Å². The molecule has 1 N–H and O–H groups in total. The van der Waals surface area contributed by atoms with Crippen LogP contribution in [0.25, 0.3) is 0 Å². The minimum atomic E-state index is -0.918. The lowest BCUT2D eigenvalue weighted by atomic mass is 9.87. The second kappa shape index (κ2) is 6.80. The minimum Gasteiger partial charge on any atom is -0.396 e. The zero-order valence-corrected chi connectivity index (χ0v) is 12.3. The van der Waals surface area contributed by atoms with E-state index >= 15 is 0 Å². The van der Waals surface area contributed by atoms with Crippen LogP contribution in [0.15, 0.2) is 53.6 Å². The Morgan fingerprint density at radius 3 is 2.48 bits per heavy atom. The fourth-order valence-corrected chi connectivity index (χ4v) is 2.43. The Labute approximate surface area is 124 Å². The minimum absolute atomic E-state index is 0.00178. The number of carbonyl (C=O) groups is 1. The maximum absolute atomic E-state index is 12.7. The molecule has 1 aromatic carbocycles. The number of benzene rings is 1. The molecule has 0 bridgehead atoms. The number of Topliss-reactive ketones (excluding diaryl/α,β-unsaturated/α-hetero) is 1. The van der Waals surface area contributed by atoms with Gasteiger partial charge in [-0.15, -0.1) is 0 Å². The van der Waals surface area contributed by atoms with E-state index in [0.29, 0.717) is 24.0 Å². The summed E-state index contributed by atoms with van der Waals surface area (Å²) >= 11 is 0. The molecule has 0 unspecified atom stereocenters. The average molecular weight is 288 g/mol. The van der Waals surface area contributed by atoms with Crippen LogP contribution in [-0.2, 0) is 9.47 Å². The molecule has 1 aromatic rings. The summed E-state index contributed by atoms with van der Waals surface area (Å²) in [6, 6.07) is 9.06. The van der Waals surface area contributed by atoms with E-state index < -0.39 is 5.79 Å². The molecule has 1 aliphatic rings. The predicted molar refractivity (Wildman–Crippen MR) is 80.0 cm³/mol. The van der Waals surface area contributed by atoms with Gasteiger partial charge >= 0.3 is 0 Å². The third kappa shape index (κ3) is 3.29. The van der Waals surface area contributed by atoms with Gasteiger partial charge in [-0.05, 0) is 18.1 Å². The SMILES string of the molecule is COC1(OC)C=C(C(=O)c2ccccc2)C(CCO)=CC1. The number of aliphatic hydroxyl groups excluding tert-OH is 1. The van der Waals surface area contributed by atoms with Crippen LogP contribution in [-0.4, -0.2) is 37.5 Å². The Morgan fingerprint density at radius 1 is 1.24 bits per heavy atom. The van der Waals surface area contributed by atoms with Gasteiger partial charge in [-0.1, -0.05) is 36.4 Å². The first-order valence-corrected chi connectivity index (χ1v) is 6.89. The molecule has 0 spiro atoms. The molecule has 0 fully saturated rings. The van der Waals surface area contributed by atoms with Gasteiger partial charge in [0.05, 0.1) is 0 Å². The quantitative estimate of drug-likeness (QED) is 0.645. The van der Waals surface area contributed by atoms with E-state index in [-0.39, 0.29) is 12.4 Å². The van der Waals surface area contributed by atoms with E-state index in [2.05, 4.69) is 0 Å². The highest BCUT2D eigenvalue weighted by atomic mass is 16.7. The van der Waals surface area contributed by atoms with Crippen LogP contribution < -0.4 is 0 Å². The van der Waals surface area contributed by atoms with Crippen LogP contribution in [0, 0.1) is 0 Å². The lowest BCUT2D eigenvalue weighted by Crippen LogP contribution is -2.34. The summed E-state index contributed by atoms with van der Waals surface area (Å²) in [6.45, 7) is -0.00178. The Balaban J connectivity index is 2.40. The van der Waals surface area contributed by atoms with Gasteiger partial charge in [0.15, 0.2) is 11.6 Å². The third-order valence-corrected chi connectivity index (χ3v) is 3.70. The Morgan fingerprint density at radius 2 is 1.90 bits per heavy atom. The first kappa shape index (κ1) is 15.6. The summed E-state index contributed by atoms with van der Waals surface area (Å²) in [4.78, 5) is 12.7. The van der Waals surface area contributed by atoms with E-state index in [1.807, 2.05) is 24.3 Å². The predicted octanol–water partition coefficient (Wildman–Crippen LogP) is 2.50. The zero-order valence-electron chi connectivity index (χ0n) is 12.3. The number of hydrogen-bond acceptors (Lipinski definition) is 4. The highest BCUT2D eigenvalue weighted by Crippen LogP contribution is 2.32. The normalized spacial score (nSPS) is 17.1. The van der Waals surface area contributed by atoms with Crippen molar-refractivity contribution in [3.05, 3.63) is 59.2 Å². The van der Waals surface area contributed by atoms with Gasteiger partial charge in [0.1, 0.15) is 0 Å². The summed E-state index contributed by atoms with van der Waals surface area (Å²) in [5, 5.41) is 9.19.